The fraction of sp³-hybridized carbons (Fsp3) is 0.462. The summed E-state index contributed by atoms with van der Waals surface area (Å²) in [6.07, 6.45) is 1.36. The first-order valence-electron chi connectivity index (χ1n) is 5.95. The molecule has 0 spiro atoms. The third-order valence-corrected chi connectivity index (χ3v) is 3.21. The standard InChI is InChI=1S/C13H17FN2O2/c1-18-7-11(15)13(17)16-12-6-5-8-9(12)3-2-4-10(8)14/h2-4,11-12H,5-7,15H2,1H3,(H,16,17). The average molecular weight is 252 g/mol. The van der Waals surface area contributed by atoms with Gasteiger partial charge in [-0.1, -0.05) is 12.1 Å². The minimum atomic E-state index is -0.687. The lowest BCUT2D eigenvalue weighted by molar-refractivity contribution is -0.124. The second-order valence-electron chi connectivity index (χ2n) is 4.47. The Labute approximate surface area is 105 Å². The van der Waals surface area contributed by atoms with Crippen LogP contribution in [-0.4, -0.2) is 25.7 Å². The minimum Gasteiger partial charge on any atom is -0.383 e. The monoisotopic (exact) mass is 252 g/mol. The van der Waals surface area contributed by atoms with Crippen molar-refractivity contribution in [2.75, 3.05) is 13.7 Å². The van der Waals surface area contributed by atoms with Crippen molar-refractivity contribution >= 4 is 5.91 Å². The summed E-state index contributed by atoms with van der Waals surface area (Å²) < 4.78 is 18.4. The molecule has 1 aromatic rings. The van der Waals surface area contributed by atoms with Crippen LogP contribution in [0, 0.1) is 5.82 Å². The number of nitrogens with one attached hydrogen (secondary N) is 1. The van der Waals surface area contributed by atoms with Gasteiger partial charge in [-0.25, -0.2) is 4.39 Å². The van der Waals surface area contributed by atoms with Gasteiger partial charge in [-0.15, -0.1) is 0 Å². The Morgan fingerprint density at radius 2 is 2.44 bits per heavy atom. The maximum atomic E-state index is 13.5. The normalized spacial score (nSPS) is 19.4. The van der Waals surface area contributed by atoms with Crippen molar-refractivity contribution in [2.45, 2.75) is 24.9 Å². The van der Waals surface area contributed by atoms with Gasteiger partial charge in [-0.05, 0) is 30.0 Å². The van der Waals surface area contributed by atoms with Crippen LogP contribution in [0.4, 0.5) is 4.39 Å². The van der Waals surface area contributed by atoms with Gasteiger partial charge >= 0.3 is 0 Å². The van der Waals surface area contributed by atoms with Crippen molar-refractivity contribution in [3.63, 3.8) is 0 Å². The smallest absolute Gasteiger partial charge is 0.239 e. The predicted octanol–water partition coefficient (Wildman–Crippen LogP) is 0.903. The van der Waals surface area contributed by atoms with E-state index in [1.54, 1.807) is 6.07 Å². The van der Waals surface area contributed by atoms with E-state index in [2.05, 4.69) is 5.32 Å². The maximum absolute atomic E-state index is 13.5. The van der Waals surface area contributed by atoms with E-state index < -0.39 is 6.04 Å². The fourth-order valence-electron chi connectivity index (χ4n) is 2.29. The molecule has 4 nitrogen and oxygen atoms in total. The Bertz CT molecular complexity index is 451. The summed E-state index contributed by atoms with van der Waals surface area (Å²) in [5.74, 6) is -0.468. The SMILES string of the molecule is COCC(N)C(=O)NC1CCc2c(F)cccc21. The number of fused-ring (bicyclic) bond motifs is 1. The second kappa shape index (κ2) is 5.46. The quantitative estimate of drug-likeness (QED) is 0.837. The number of halogens is 1. The molecule has 0 fully saturated rings. The van der Waals surface area contributed by atoms with Gasteiger partial charge in [-0.3, -0.25) is 4.79 Å². The van der Waals surface area contributed by atoms with Crippen LogP contribution in [0.2, 0.25) is 0 Å². The van der Waals surface area contributed by atoms with Crippen LogP contribution in [0.3, 0.4) is 0 Å². The Hall–Kier alpha value is -1.46. The zero-order valence-electron chi connectivity index (χ0n) is 10.3. The number of hydrogen-bond acceptors (Lipinski definition) is 3. The highest BCUT2D eigenvalue weighted by molar-refractivity contribution is 5.82. The van der Waals surface area contributed by atoms with Crippen LogP contribution in [-0.2, 0) is 16.0 Å². The largest absolute Gasteiger partial charge is 0.383 e. The maximum Gasteiger partial charge on any atom is 0.239 e. The number of nitrogens with two attached hydrogens (primary N) is 1. The topological polar surface area (TPSA) is 64.3 Å². The van der Waals surface area contributed by atoms with E-state index in [0.717, 1.165) is 5.56 Å². The number of benzene rings is 1. The van der Waals surface area contributed by atoms with Crippen LogP contribution in [0.15, 0.2) is 18.2 Å². The minimum absolute atomic E-state index is 0.147. The molecule has 1 aliphatic carbocycles. The summed E-state index contributed by atoms with van der Waals surface area (Å²) in [5, 5.41) is 2.84. The molecule has 1 aliphatic rings. The molecular formula is C13H17FN2O2. The second-order valence-corrected chi connectivity index (χ2v) is 4.47. The Balaban J connectivity index is 2.06. The zero-order chi connectivity index (χ0) is 13.1. The molecule has 2 unspecified atom stereocenters. The highest BCUT2D eigenvalue weighted by Gasteiger charge is 2.27. The predicted molar refractivity (Wildman–Crippen MR) is 65.5 cm³/mol. The fourth-order valence-corrected chi connectivity index (χ4v) is 2.29. The molecule has 0 heterocycles. The van der Waals surface area contributed by atoms with E-state index in [0.29, 0.717) is 18.4 Å². The molecule has 1 aromatic carbocycles. The van der Waals surface area contributed by atoms with Gasteiger partial charge < -0.3 is 15.8 Å². The highest BCUT2D eigenvalue weighted by Crippen LogP contribution is 2.32. The lowest BCUT2D eigenvalue weighted by Crippen LogP contribution is -2.44. The molecule has 0 saturated heterocycles. The van der Waals surface area contributed by atoms with Crippen molar-refractivity contribution in [1.82, 2.24) is 5.32 Å². The van der Waals surface area contributed by atoms with Crippen molar-refractivity contribution in [1.29, 1.82) is 0 Å². The van der Waals surface area contributed by atoms with Crippen LogP contribution < -0.4 is 11.1 Å². The zero-order valence-corrected chi connectivity index (χ0v) is 10.3. The van der Waals surface area contributed by atoms with Gasteiger partial charge in [0.2, 0.25) is 5.91 Å². The Morgan fingerprint density at radius 3 is 3.17 bits per heavy atom. The van der Waals surface area contributed by atoms with Gasteiger partial charge in [0, 0.05) is 7.11 Å². The molecule has 2 rings (SSSR count). The number of ether oxygens (including phenoxy) is 1. The molecule has 0 saturated carbocycles. The van der Waals surface area contributed by atoms with E-state index in [9.17, 15) is 9.18 Å². The Kier molecular flexibility index (Phi) is 3.93. The number of carbonyl (C=O) groups excluding carboxylic acids is 1. The highest BCUT2D eigenvalue weighted by atomic mass is 19.1. The molecule has 3 N–H and O–H groups in total. The van der Waals surface area contributed by atoms with Gasteiger partial charge in [-0.2, -0.15) is 0 Å². The van der Waals surface area contributed by atoms with E-state index in [1.165, 1.54) is 13.2 Å². The third kappa shape index (κ3) is 2.52. The van der Waals surface area contributed by atoms with Gasteiger partial charge in [0.05, 0.1) is 12.6 Å². The van der Waals surface area contributed by atoms with E-state index in [1.807, 2.05) is 6.07 Å². The van der Waals surface area contributed by atoms with Crippen molar-refractivity contribution in [3.8, 4) is 0 Å². The first-order chi connectivity index (χ1) is 8.63. The first kappa shape index (κ1) is 13.0. The molecule has 0 radical (unpaired) electrons. The molecule has 2 atom stereocenters. The summed E-state index contributed by atoms with van der Waals surface area (Å²) in [7, 11) is 1.49. The van der Waals surface area contributed by atoms with Crippen LogP contribution in [0.5, 0.6) is 0 Å². The number of carbonyl (C=O) groups is 1. The molecular weight excluding hydrogens is 235 g/mol. The van der Waals surface area contributed by atoms with Crippen molar-refractivity contribution < 1.29 is 13.9 Å². The molecule has 0 bridgehead atoms. The molecule has 18 heavy (non-hydrogen) atoms. The average Bonchev–Trinajstić information content (AvgIpc) is 2.74. The lowest BCUT2D eigenvalue weighted by atomic mass is 10.1. The van der Waals surface area contributed by atoms with Crippen molar-refractivity contribution in [2.24, 2.45) is 5.73 Å². The molecule has 1 amide bonds. The van der Waals surface area contributed by atoms with Crippen LogP contribution >= 0.6 is 0 Å². The van der Waals surface area contributed by atoms with Gasteiger partial charge in [0.25, 0.3) is 0 Å². The molecule has 0 aliphatic heterocycles. The third-order valence-electron chi connectivity index (χ3n) is 3.21. The summed E-state index contributed by atoms with van der Waals surface area (Å²) in [5.41, 5.74) is 7.20. The molecule has 98 valence electrons. The first-order valence-corrected chi connectivity index (χ1v) is 5.95. The van der Waals surface area contributed by atoms with Crippen LogP contribution in [0.1, 0.15) is 23.6 Å². The number of rotatable bonds is 4. The van der Waals surface area contributed by atoms with Gasteiger partial charge in [0.1, 0.15) is 11.9 Å². The summed E-state index contributed by atoms with van der Waals surface area (Å²) in [6.45, 7) is 0.175. The van der Waals surface area contributed by atoms with E-state index >= 15 is 0 Å². The van der Waals surface area contributed by atoms with E-state index in [-0.39, 0.29) is 24.4 Å². The van der Waals surface area contributed by atoms with Crippen molar-refractivity contribution in [3.05, 3.63) is 35.1 Å². The summed E-state index contributed by atoms with van der Waals surface area (Å²) in [6, 6.07) is 4.12. The van der Waals surface area contributed by atoms with Gasteiger partial charge in [0.15, 0.2) is 0 Å². The number of hydrogen-bond donors (Lipinski definition) is 2. The lowest BCUT2D eigenvalue weighted by Gasteiger charge is -2.17. The van der Waals surface area contributed by atoms with Crippen LogP contribution in [0.25, 0.3) is 0 Å². The number of amides is 1. The summed E-state index contributed by atoms with van der Waals surface area (Å²) >= 11 is 0. The number of methoxy groups -OCH3 is 1. The Morgan fingerprint density at radius 1 is 1.67 bits per heavy atom. The molecule has 5 heteroatoms. The summed E-state index contributed by atoms with van der Waals surface area (Å²) in [4.78, 5) is 11.8. The van der Waals surface area contributed by atoms with E-state index in [4.69, 9.17) is 10.5 Å². The molecule has 0 aromatic heterocycles.